The molecule has 0 atom stereocenters. The summed E-state index contributed by atoms with van der Waals surface area (Å²) in [5.74, 6) is -1.17. The third-order valence-electron chi connectivity index (χ3n) is 5.32. The van der Waals surface area contributed by atoms with Gasteiger partial charge in [0.05, 0.1) is 17.1 Å². The minimum absolute atomic E-state index is 0.271. The standard InChI is InChI=1S/C21H26N4O4/c1-2-12-24-16-8-4-5-9-17(16)25(20(24)28)13-19(27)29-14-18(26)23-21(15-22)10-6-3-7-11-21/h4-5,8-9H,2-3,6-7,10-14H2,1H3,(H,23,26). The monoisotopic (exact) mass is 398 g/mol. The zero-order valence-corrected chi connectivity index (χ0v) is 16.6. The number of imidazole rings is 1. The summed E-state index contributed by atoms with van der Waals surface area (Å²) in [4.78, 5) is 37.2. The van der Waals surface area contributed by atoms with Crippen molar-refractivity contribution >= 4 is 22.9 Å². The van der Waals surface area contributed by atoms with Gasteiger partial charge in [-0.1, -0.05) is 38.3 Å². The molecule has 1 aromatic carbocycles. The van der Waals surface area contributed by atoms with E-state index in [9.17, 15) is 19.6 Å². The zero-order chi connectivity index (χ0) is 20.9. The van der Waals surface area contributed by atoms with E-state index in [1.807, 2.05) is 19.1 Å². The molecule has 1 amide bonds. The predicted octanol–water partition coefficient (Wildman–Crippen LogP) is 2.10. The van der Waals surface area contributed by atoms with Crippen molar-refractivity contribution in [2.45, 2.75) is 64.1 Å². The van der Waals surface area contributed by atoms with Gasteiger partial charge in [0.2, 0.25) is 0 Å². The highest BCUT2D eigenvalue weighted by Gasteiger charge is 2.33. The number of aryl methyl sites for hydroxylation is 1. The Kier molecular flexibility index (Phi) is 6.37. The molecule has 1 fully saturated rings. The molecule has 1 saturated carbocycles. The van der Waals surface area contributed by atoms with Gasteiger partial charge in [0, 0.05) is 6.54 Å². The highest BCUT2D eigenvalue weighted by atomic mass is 16.5. The number of rotatable bonds is 7. The van der Waals surface area contributed by atoms with Gasteiger partial charge >= 0.3 is 11.7 Å². The first-order valence-corrected chi connectivity index (χ1v) is 10.1. The van der Waals surface area contributed by atoms with Gasteiger partial charge in [-0.05, 0) is 31.4 Å². The van der Waals surface area contributed by atoms with Gasteiger partial charge in [-0.15, -0.1) is 0 Å². The summed E-state index contributed by atoms with van der Waals surface area (Å²) in [6, 6.07) is 9.47. The fourth-order valence-electron chi connectivity index (χ4n) is 3.91. The first-order chi connectivity index (χ1) is 14.0. The SMILES string of the molecule is CCCn1c(=O)n(CC(=O)OCC(=O)NC2(C#N)CCCCC2)c2ccccc21. The van der Waals surface area contributed by atoms with E-state index < -0.39 is 24.0 Å². The van der Waals surface area contributed by atoms with Crippen molar-refractivity contribution in [1.82, 2.24) is 14.5 Å². The van der Waals surface area contributed by atoms with Crippen LogP contribution in [-0.4, -0.2) is 33.2 Å². The number of hydrogen-bond donors (Lipinski definition) is 1. The number of carbonyl (C=O) groups is 2. The quantitative estimate of drug-likeness (QED) is 0.719. The highest BCUT2D eigenvalue weighted by molar-refractivity contribution is 5.82. The van der Waals surface area contributed by atoms with Crippen molar-refractivity contribution in [2.75, 3.05) is 6.61 Å². The molecule has 0 spiro atoms. The molecule has 154 valence electrons. The van der Waals surface area contributed by atoms with Crippen molar-refractivity contribution in [3.63, 3.8) is 0 Å². The molecule has 29 heavy (non-hydrogen) atoms. The van der Waals surface area contributed by atoms with Crippen LogP contribution in [0.1, 0.15) is 45.4 Å². The van der Waals surface area contributed by atoms with Crippen LogP contribution in [0.15, 0.2) is 29.1 Å². The second kappa shape index (κ2) is 8.95. The van der Waals surface area contributed by atoms with Gasteiger partial charge in [0.15, 0.2) is 6.61 Å². The number of para-hydroxylation sites is 2. The molecule has 1 aliphatic rings. The smallest absolute Gasteiger partial charge is 0.329 e. The average molecular weight is 398 g/mol. The van der Waals surface area contributed by atoms with E-state index in [0.717, 1.165) is 31.2 Å². The second-order valence-electron chi connectivity index (χ2n) is 7.47. The summed E-state index contributed by atoms with van der Waals surface area (Å²) in [6.45, 7) is 1.79. The van der Waals surface area contributed by atoms with Crippen LogP contribution in [0.25, 0.3) is 11.0 Å². The minimum Gasteiger partial charge on any atom is -0.454 e. The summed E-state index contributed by atoms with van der Waals surface area (Å²) in [5.41, 5.74) is 0.267. The molecule has 1 aliphatic carbocycles. The van der Waals surface area contributed by atoms with E-state index in [1.165, 1.54) is 4.57 Å². The lowest BCUT2D eigenvalue weighted by Gasteiger charge is -2.31. The van der Waals surface area contributed by atoms with Crippen LogP contribution in [0.4, 0.5) is 0 Å². The van der Waals surface area contributed by atoms with E-state index in [-0.39, 0.29) is 12.2 Å². The first kappa shape index (κ1) is 20.6. The van der Waals surface area contributed by atoms with Crippen LogP contribution >= 0.6 is 0 Å². The van der Waals surface area contributed by atoms with Crippen LogP contribution < -0.4 is 11.0 Å². The molecule has 2 aromatic rings. The van der Waals surface area contributed by atoms with E-state index in [1.54, 1.807) is 16.7 Å². The third-order valence-corrected chi connectivity index (χ3v) is 5.32. The molecule has 3 rings (SSSR count). The first-order valence-electron chi connectivity index (χ1n) is 10.1. The Labute approximate surface area is 169 Å². The third kappa shape index (κ3) is 4.50. The minimum atomic E-state index is -0.869. The van der Waals surface area contributed by atoms with Gasteiger partial charge in [-0.25, -0.2) is 4.79 Å². The maximum absolute atomic E-state index is 12.7. The molecule has 1 aromatic heterocycles. The summed E-state index contributed by atoms with van der Waals surface area (Å²) in [7, 11) is 0. The van der Waals surface area contributed by atoms with Gasteiger partial charge in [-0.3, -0.25) is 18.7 Å². The number of benzene rings is 1. The number of amides is 1. The molecule has 0 aliphatic heterocycles. The number of nitrogens with one attached hydrogen (secondary N) is 1. The fourth-order valence-corrected chi connectivity index (χ4v) is 3.91. The Morgan fingerprint density at radius 2 is 1.83 bits per heavy atom. The Bertz CT molecular complexity index is 992. The lowest BCUT2D eigenvalue weighted by molar-refractivity contribution is -0.149. The average Bonchev–Trinajstić information content (AvgIpc) is 2.99. The molecule has 0 bridgehead atoms. The van der Waals surface area contributed by atoms with Crippen molar-refractivity contribution < 1.29 is 14.3 Å². The van der Waals surface area contributed by atoms with Crippen LogP contribution in [0.3, 0.4) is 0 Å². The van der Waals surface area contributed by atoms with Crippen LogP contribution in [0, 0.1) is 11.3 Å². The summed E-state index contributed by atoms with van der Waals surface area (Å²) >= 11 is 0. The van der Waals surface area contributed by atoms with E-state index in [4.69, 9.17) is 4.74 Å². The number of fused-ring (bicyclic) bond motifs is 1. The molecule has 8 nitrogen and oxygen atoms in total. The Morgan fingerprint density at radius 3 is 2.45 bits per heavy atom. The predicted molar refractivity (Wildman–Crippen MR) is 107 cm³/mol. The number of ether oxygens (including phenoxy) is 1. The highest BCUT2D eigenvalue weighted by Crippen LogP contribution is 2.27. The number of aromatic nitrogens is 2. The van der Waals surface area contributed by atoms with Crippen molar-refractivity contribution in [2.24, 2.45) is 0 Å². The van der Waals surface area contributed by atoms with Crippen LogP contribution in [0.5, 0.6) is 0 Å². The molecular formula is C21H26N4O4. The molecule has 1 heterocycles. The van der Waals surface area contributed by atoms with Crippen molar-refractivity contribution in [3.8, 4) is 6.07 Å². The Balaban J connectivity index is 1.64. The Morgan fingerprint density at radius 1 is 1.17 bits per heavy atom. The van der Waals surface area contributed by atoms with Crippen molar-refractivity contribution in [3.05, 3.63) is 34.7 Å². The number of carbonyl (C=O) groups excluding carboxylic acids is 2. The van der Waals surface area contributed by atoms with Gasteiger partial charge < -0.3 is 10.1 Å². The second-order valence-corrected chi connectivity index (χ2v) is 7.47. The molecule has 0 saturated heterocycles. The Hall–Kier alpha value is -3.08. The van der Waals surface area contributed by atoms with Crippen LogP contribution in [-0.2, 0) is 27.4 Å². The fraction of sp³-hybridized carbons (Fsp3) is 0.524. The summed E-state index contributed by atoms with van der Waals surface area (Å²) in [6.07, 6.45) is 4.83. The topological polar surface area (TPSA) is 106 Å². The molecule has 0 unspecified atom stereocenters. The van der Waals surface area contributed by atoms with Gasteiger partial charge in [-0.2, -0.15) is 5.26 Å². The van der Waals surface area contributed by atoms with E-state index in [0.29, 0.717) is 24.9 Å². The number of nitriles is 1. The lowest BCUT2D eigenvalue weighted by atomic mass is 9.83. The van der Waals surface area contributed by atoms with E-state index >= 15 is 0 Å². The van der Waals surface area contributed by atoms with Gasteiger partial charge in [0.25, 0.3) is 5.91 Å². The van der Waals surface area contributed by atoms with Crippen LogP contribution in [0.2, 0.25) is 0 Å². The summed E-state index contributed by atoms with van der Waals surface area (Å²) in [5, 5.41) is 12.1. The maximum Gasteiger partial charge on any atom is 0.329 e. The maximum atomic E-state index is 12.7. The number of hydrogen-bond acceptors (Lipinski definition) is 5. The molecule has 1 N–H and O–H groups in total. The van der Waals surface area contributed by atoms with E-state index in [2.05, 4.69) is 11.4 Å². The molecule has 8 heteroatoms. The van der Waals surface area contributed by atoms with Gasteiger partial charge in [0.1, 0.15) is 12.1 Å². The largest absolute Gasteiger partial charge is 0.454 e. The zero-order valence-electron chi connectivity index (χ0n) is 16.6. The lowest BCUT2D eigenvalue weighted by Crippen LogP contribution is -2.50. The normalized spacial score (nSPS) is 15.6. The number of nitrogens with zero attached hydrogens (tertiary/aromatic N) is 3. The number of esters is 1. The molecular weight excluding hydrogens is 372 g/mol. The molecule has 0 radical (unpaired) electrons. The summed E-state index contributed by atoms with van der Waals surface area (Å²) < 4.78 is 8.08. The van der Waals surface area contributed by atoms with Crippen molar-refractivity contribution in [1.29, 1.82) is 5.26 Å².